The van der Waals surface area contributed by atoms with E-state index in [-0.39, 0.29) is 17.5 Å². The first-order valence-corrected chi connectivity index (χ1v) is 10.3. The molecular weight excluding hydrogens is 393 g/mol. The van der Waals surface area contributed by atoms with Crippen LogP contribution in [0.25, 0.3) is 0 Å². The van der Waals surface area contributed by atoms with Crippen LogP contribution < -0.4 is 0 Å². The molecule has 0 amide bonds. The van der Waals surface area contributed by atoms with Gasteiger partial charge in [0.1, 0.15) is 6.61 Å². The molecule has 142 valence electrons. The zero-order valence-electron chi connectivity index (χ0n) is 14.9. The van der Waals surface area contributed by atoms with Crippen LogP contribution in [0.15, 0.2) is 39.6 Å². The summed E-state index contributed by atoms with van der Waals surface area (Å²) in [7, 11) is 0. The first-order chi connectivity index (χ1) is 12.4. The highest BCUT2D eigenvalue weighted by atomic mass is 35.5. The van der Waals surface area contributed by atoms with Gasteiger partial charge in [0.25, 0.3) is 0 Å². The summed E-state index contributed by atoms with van der Waals surface area (Å²) >= 11 is 13.7. The molecule has 0 spiro atoms. The number of aliphatic hydroxyl groups excluding tert-OH is 1. The van der Waals surface area contributed by atoms with E-state index < -0.39 is 0 Å². The maximum absolute atomic E-state index is 12.4. The van der Waals surface area contributed by atoms with Gasteiger partial charge in [-0.2, -0.15) is 0 Å². The maximum atomic E-state index is 12.4. The van der Waals surface area contributed by atoms with Crippen LogP contribution in [0.5, 0.6) is 0 Å². The number of aliphatic hydroxyl groups is 1. The number of rotatable bonds is 8. The minimum atomic E-state index is 0.000554. The molecule has 1 aromatic rings. The van der Waals surface area contributed by atoms with Crippen molar-refractivity contribution < 1.29 is 14.7 Å². The summed E-state index contributed by atoms with van der Waals surface area (Å²) in [6, 6.07) is 5.45. The van der Waals surface area contributed by atoms with E-state index in [0.29, 0.717) is 47.2 Å². The molecule has 2 rings (SSSR count). The fraction of sp³-hybridized carbons (Fsp3) is 0.474. The van der Waals surface area contributed by atoms with Crippen LogP contribution in [0, 0.1) is 5.92 Å². The van der Waals surface area contributed by atoms with Gasteiger partial charge in [0.05, 0.1) is 11.5 Å². The minimum Gasteiger partial charge on any atom is -0.512 e. The number of Topliss-reactive ketones (excluding diaryl/α,β-unsaturated/α-hetero) is 1. The number of benzene rings is 1. The molecule has 0 radical (unpaired) electrons. The van der Waals surface area contributed by atoms with Crippen molar-refractivity contribution in [2.45, 2.75) is 44.4 Å². The van der Waals surface area contributed by atoms with Gasteiger partial charge in [0, 0.05) is 39.8 Å². The number of hydrogen-bond acceptors (Lipinski definition) is 5. The van der Waals surface area contributed by atoms with Crippen LogP contribution >= 0.6 is 35.0 Å². The molecule has 0 aliphatic heterocycles. The number of oxime groups is 1. The normalized spacial score (nSPS) is 18.4. The van der Waals surface area contributed by atoms with Crippen LogP contribution in [0.4, 0.5) is 0 Å². The van der Waals surface area contributed by atoms with E-state index >= 15 is 0 Å². The topological polar surface area (TPSA) is 58.9 Å². The standard InChI is InChI=1S/C19H23Cl2NO3S/c1-3-25-22-12(2)6-17-18(23)7-13(8-19(17)24)4-5-26-16-10-14(20)9-15(21)11-16/h9-11,13,23H,3-8H2,1-2H3. The molecule has 0 bridgehead atoms. The first kappa shape index (κ1) is 21.1. The van der Waals surface area contributed by atoms with Crippen molar-refractivity contribution in [1.29, 1.82) is 0 Å². The number of nitrogens with zero attached hydrogens (tertiary/aromatic N) is 1. The fourth-order valence-electron chi connectivity index (χ4n) is 2.84. The van der Waals surface area contributed by atoms with Crippen molar-refractivity contribution in [3.63, 3.8) is 0 Å². The van der Waals surface area contributed by atoms with E-state index in [0.717, 1.165) is 17.1 Å². The predicted molar refractivity (Wildman–Crippen MR) is 109 cm³/mol. The quantitative estimate of drug-likeness (QED) is 0.318. The summed E-state index contributed by atoms with van der Waals surface area (Å²) in [5.41, 5.74) is 1.16. The van der Waals surface area contributed by atoms with Crippen molar-refractivity contribution in [3.8, 4) is 0 Å². The molecule has 0 heterocycles. The van der Waals surface area contributed by atoms with E-state index in [4.69, 9.17) is 28.0 Å². The van der Waals surface area contributed by atoms with Crippen molar-refractivity contribution in [2.24, 2.45) is 11.1 Å². The van der Waals surface area contributed by atoms with Crippen LogP contribution in [-0.2, 0) is 9.63 Å². The third-order valence-corrected chi connectivity index (χ3v) is 5.50. The molecule has 0 saturated heterocycles. The van der Waals surface area contributed by atoms with Crippen molar-refractivity contribution in [2.75, 3.05) is 12.4 Å². The smallest absolute Gasteiger partial charge is 0.162 e. The fourth-order valence-corrected chi connectivity index (χ4v) is 4.60. The van der Waals surface area contributed by atoms with Gasteiger partial charge in [-0.15, -0.1) is 11.8 Å². The Hall–Kier alpha value is -1.17. The Morgan fingerprint density at radius 3 is 2.62 bits per heavy atom. The molecule has 26 heavy (non-hydrogen) atoms. The lowest BCUT2D eigenvalue weighted by molar-refractivity contribution is -0.117. The van der Waals surface area contributed by atoms with Crippen LogP contribution in [0.1, 0.15) is 39.5 Å². The second-order valence-corrected chi connectivity index (χ2v) is 8.33. The second kappa shape index (κ2) is 10.2. The lowest BCUT2D eigenvalue weighted by atomic mass is 9.84. The molecule has 1 unspecified atom stereocenters. The maximum Gasteiger partial charge on any atom is 0.162 e. The molecule has 0 aromatic heterocycles. The number of allylic oxidation sites excluding steroid dienone is 2. The minimum absolute atomic E-state index is 0.000554. The first-order valence-electron chi connectivity index (χ1n) is 8.57. The van der Waals surface area contributed by atoms with Gasteiger partial charge in [-0.1, -0.05) is 28.4 Å². The molecule has 0 saturated carbocycles. The SMILES string of the molecule is CCON=C(C)CC1=C(O)CC(CCSc2cc(Cl)cc(Cl)c2)CC1=O. The number of ketones is 1. The Labute approximate surface area is 168 Å². The molecule has 4 nitrogen and oxygen atoms in total. The molecule has 7 heteroatoms. The van der Waals surface area contributed by atoms with E-state index in [1.165, 1.54) is 0 Å². The average molecular weight is 416 g/mol. The summed E-state index contributed by atoms with van der Waals surface area (Å²) in [6.07, 6.45) is 2.16. The molecular formula is C19H23Cl2NO3S. The average Bonchev–Trinajstić information content (AvgIpc) is 2.55. The Morgan fingerprint density at radius 1 is 1.31 bits per heavy atom. The summed E-state index contributed by atoms with van der Waals surface area (Å²) < 4.78 is 0. The van der Waals surface area contributed by atoms with E-state index in [1.54, 1.807) is 24.8 Å². The molecule has 0 fully saturated rings. The van der Waals surface area contributed by atoms with E-state index in [1.807, 2.05) is 19.1 Å². The Balaban J connectivity index is 1.89. The lowest BCUT2D eigenvalue weighted by Gasteiger charge is -2.23. The monoisotopic (exact) mass is 415 g/mol. The van der Waals surface area contributed by atoms with Gasteiger partial charge in [0.2, 0.25) is 0 Å². The zero-order chi connectivity index (χ0) is 19.1. The Kier molecular flexibility index (Phi) is 8.32. The molecule has 1 aliphatic rings. The zero-order valence-corrected chi connectivity index (χ0v) is 17.3. The molecule has 1 atom stereocenters. The summed E-state index contributed by atoms with van der Waals surface area (Å²) in [5.74, 6) is 1.17. The highest BCUT2D eigenvalue weighted by Crippen LogP contribution is 2.33. The summed E-state index contributed by atoms with van der Waals surface area (Å²) in [4.78, 5) is 18.4. The largest absolute Gasteiger partial charge is 0.512 e. The van der Waals surface area contributed by atoms with E-state index in [2.05, 4.69) is 5.16 Å². The van der Waals surface area contributed by atoms with E-state index in [9.17, 15) is 9.90 Å². The van der Waals surface area contributed by atoms with Crippen LogP contribution in [0.2, 0.25) is 10.0 Å². The van der Waals surface area contributed by atoms with Crippen LogP contribution in [-0.4, -0.2) is 29.0 Å². The van der Waals surface area contributed by atoms with Gasteiger partial charge < -0.3 is 9.94 Å². The van der Waals surface area contributed by atoms with Gasteiger partial charge >= 0.3 is 0 Å². The van der Waals surface area contributed by atoms with Crippen molar-refractivity contribution in [3.05, 3.63) is 39.6 Å². The van der Waals surface area contributed by atoms with Gasteiger partial charge in [-0.25, -0.2) is 0 Å². The van der Waals surface area contributed by atoms with Crippen LogP contribution in [0.3, 0.4) is 0 Å². The number of thioether (sulfide) groups is 1. The number of halogens is 2. The number of hydrogen-bond donors (Lipinski definition) is 1. The second-order valence-electron chi connectivity index (χ2n) is 6.29. The highest BCUT2D eigenvalue weighted by Gasteiger charge is 2.27. The Bertz CT molecular complexity index is 698. The molecule has 1 N–H and O–H groups in total. The highest BCUT2D eigenvalue weighted by molar-refractivity contribution is 7.99. The van der Waals surface area contributed by atoms with Gasteiger partial charge in [0.15, 0.2) is 5.78 Å². The van der Waals surface area contributed by atoms with Gasteiger partial charge in [-0.05, 0) is 50.1 Å². The number of carbonyl (C=O) groups is 1. The predicted octanol–water partition coefficient (Wildman–Crippen LogP) is 6.07. The molecule has 1 aromatic carbocycles. The summed E-state index contributed by atoms with van der Waals surface area (Å²) in [5, 5.41) is 15.4. The van der Waals surface area contributed by atoms with Gasteiger partial charge in [-0.3, -0.25) is 4.79 Å². The Morgan fingerprint density at radius 2 is 2.00 bits per heavy atom. The molecule has 1 aliphatic carbocycles. The third-order valence-electron chi connectivity index (χ3n) is 4.05. The summed E-state index contributed by atoms with van der Waals surface area (Å²) in [6.45, 7) is 4.12. The van der Waals surface area contributed by atoms with Crippen molar-refractivity contribution in [1.82, 2.24) is 0 Å². The lowest BCUT2D eigenvalue weighted by Crippen LogP contribution is -2.21. The number of carbonyl (C=O) groups excluding carboxylic acids is 1. The van der Waals surface area contributed by atoms with Crippen molar-refractivity contribution >= 4 is 46.5 Å². The third kappa shape index (κ3) is 6.53.